The molecule has 0 saturated carbocycles. The van der Waals surface area contributed by atoms with Gasteiger partial charge in [0.1, 0.15) is 0 Å². The summed E-state index contributed by atoms with van der Waals surface area (Å²) in [5.41, 5.74) is 2.31. The van der Waals surface area contributed by atoms with Crippen LogP contribution in [-0.4, -0.2) is 37.3 Å². The molecule has 31 heavy (non-hydrogen) atoms. The Kier molecular flexibility index (Phi) is 6.47. The van der Waals surface area contributed by atoms with Crippen LogP contribution in [0.3, 0.4) is 0 Å². The molecule has 2 N–H and O–H groups in total. The second-order valence-corrected chi connectivity index (χ2v) is 8.23. The molecule has 0 saturated heterocycles. The van der Waals surface area contributed by atoms with Crippen LogP contribution in [0.15, 0.2) is 76.7 Å². The number of carbonyl (C=O) groups excluding carboxylic acids is 1. The quantitative estimate of drug-likeness (QED) is 0.416. The van der Waals surface area contributed by atoms with Gasteiger partial charge in [-0.1, -0.05) is 72.4 Å². The maximum atomic E-state index is 12.5. The first-order valence-electron chi connectivity index (χ1n) is 10.1. The molecule has 0 aliphatic heterocycles. The van der Waals surface area contributed by atoms with E-state index in [9.17, 15) is 9.59 Å². The van der Waals surface area contributed by atoms with E-state index in [-0.39, 0.29) is 23.3 Å². The lowest BCUT2D eigenvalue weighted by molar-refractivity contribution is -0.119. The molecular weight excluding hydrogens is 410 g/mol. The van der Waals surface area contributed by atoms with E-state index in [1.165, 1.54) is 27.9 Å². The van der Waals surface area contributed by atoms with Gasteiger partial charge >= 0.3 is 0 Å². The van der Waals surface area contributed by atoms with Crippen LogP contribution >= 0.6 is 11.8 Å². The first-order valence-corrected chi connectivity index (χ1v) is 11.1. The Balaban J connectivity index is 1.42. The monoisotopic (exact) mass is 433 g/mol. The first-order chi connectivity index (χ1) is 15.1. The highest BCUT2D eigenvalue weighted by Gasteiger charge is 2.14. The van der Waals surface area contributed by atoms with E-state index in [1.807, 2.05) is 55.5 Å². The third-order valence-electron chi connectivity index (χ3n) is 4.81. The van der Waals surface area contributed by atoms with Gasteiger partial charge in [-0.2, -0.15) is 0 Å². The summed E-state index contributed by atoms with van der Waals surface area (Å²) in [4.78, 5) is 33.3. The van der Waals surface area contributed by atoms with E-state index in [1.54, 1.807) is 0 Å². The van der Waals surface area contributed by atoms with Crippen LogP contribution in [0.1, 0.15) is 18.9 Å². The van der Waals surface area contributed by atoms with Crippen molar-refractivity contribution in [2.24, 2.45) is 0 Å². The van der Waals surface area contributed by atoms with Gasteiger partial charge in [-0.25, -0.2) is 14.5 Å². The maximum absolute atomic E-state index is 12.5. The van der Waals surface area contributed by atoms with E-state index >= 15 is 0 Å². The first kappa shape index (κ1) is 20.9. The number of thioether (sulfide) groups is 1. The number of nitrogens with one attached hydrogen (secondary N) is 2. The van der Waals surface area contributed by atoms with Crippen molar-refractivity contribution in [1.82, 2.24) is 24.9 Å². The number of aryl methyl sites for hydroxylation is 1. The molecule has 2 aromatic heterocycles. The maximum Gasteiger partial charge on any atom is 0.266 e. The highest BCUT2D eigenvalue weighted by Crippen LogP contribution is 2.21. The number of amides is 1. The summed E-state index contributed by atoms with van der Waals surface area (Å²) in [5.74, 6) is 0.628. The predicted molar refractivity (Wildman–Crippen MR) is 122 cm³/mol. The van der Waals surface area contributed by atoms with Crippen LogP contribution < -0.4 is 10.9 Å². The number of H-pyrrole nitrogens is 1. The molecular formula is C23H23N5O2S. The molecule has 0 bridgehead atoms. The number of rotatable bonds is 8. The van der Waals surface area contributed by atoms with Crippen molar-refractivity contribution >= 4 is 23.3 Å². The Labute approximate surface area is 183 Å². The normalized spacial score (nSPS) is 12.0. The number of fused-ring (bicyclic) bond motifs is 1. The Morgan fingerprint density at radius 3 is 2.55 bits per heavy atom. The van der Waals surface area contributed by atoms with Gasteiger partial charge in [0, 0.05) is 17.7 Å². The van der Waals surface area contributed by atoms with Gasteiger partial charge in [-0.15, -0.1) is 0 Å². The van der Waals surface area contributed by atoms with Crippen molar-refractivity contribution in [2.75, 3.05) is 5.75 Å². The van der Waals surface area contributed by atoms with Crippen molar-refractivity contribution in [2.45, 2.75) is 31.0 Å². The third-order valence-corrected chi connectivity index (χ3v) is 5.74. The molecule has 0 radical (unpaired) electrons. The van der Waals surface area contributed by atoms with Crippen LogP contribution in [0.2, 0.25) is 0 Å². The zero-order valence-electron chi connectivity index (χ0n) is 17.1. The topological polar surface area (TPSA) is 92.2 Å². The molecule has 0 aliphatic carbocycles. The van der Waals surface area contributed by atoms with Crippen LogP contribution in [0, 0.1) is 0 Å². The molecule has 1 atom stereocenters. The lowest BCUT2D eigenvalue weighted by atomic mass is 10.1. The zero-order chi connectivity index (χ0) is 21.6. The summed E-state index contributed by atoms with van der Waals surface area (Å²) < 4.78 is 1.52. The summed E-state index contributed by atoms with van der Waals surface area (Å²) >= 11 is 1.27. The van der Waals surface area contributed by atoms with Gasteiger partial charge in [-0.3, -0.25) is 14.7 Å². The van der Waals surface area contributed by atoms with E-state index in [0.29, 0.717) is 16.6 Å². The van der Waals surface area contributed by atoms with Gasteiger partial charge in [0.2, 0.25) is 5.91 Å². The third kappa shape index (κ3) is 5.40. The molecule has 2 aromatic carbocycles. The number of aromatic nitrogens is 4. The second-order valence-electron chi connectivity index (χ2n) is 7.29. The number of carbonyl (C=O) groups is 1. The number of hydrogen-bond donors (Lipinski definition) is 2. The van der Waals surface area contributed by atoms with Crippen LogP contribution in [0.5, 0.6) is 0 Å². The zero-order valence-corrected chi connectivity index (χ0v) is 17.9. The molecule has 8 heteroatoms. The molecule has 2 heterocycles. The predicted octanol–water partition coefficient (Wildman–Crippen LogP) is 3.31. The lowest BCUT2D eigenvalue weighted by Gasteiger charge is -2.14. The fraction of sp³-hybridized carbons (Fsp3) is 0.217. The minimum absolute atomic E-state index is 0.0602. The van der Waals surface area contributed by atoms with Gasteiger partial charge in [-0.05, 0) is 25.3 Å². The number of hydrogen-bond acceptors (Lipinski definition) is 5. The minimum Gasteiger partial charge on any atom is -0.353 e. The van der Waals surface area contributed by atoms with Gasteiger partial charge < -0.3 is 5.32 Å². The summed E-state index contributed by atoms with van der Waals surface area (Å²) in [6.45, 7) is 2.01. The average Bonchev–Trinajstić information content (AvgIpc) is 3.17. The van der Waals surface area contributed by atoms with E-state index in [0.717, 1.165) is 18.4 Å². The average molecular weight is 434 g/mol. The number of aromatic amines is 1. The molecule has 1 amide bonds. The van der Waals surface area contributed by atoms with Crippen molar-refractivity contribution in [3.05, 3.63) is 82.6 Å². The number of nitrogens with zero attached hydrogens (tertiary/aromatic N) is 3. The minimum atomic E-state index is -0.264. The van der Waals surface area contributed by atoms with E-state index < -0.39 is 0 Å². The Morgan fingerprint density at radius 2 is 1.81 bits per heavy atom. The standard InChI is InChI=1S/C23H23N5O2S/c1-16(12-13-17-8-4-2-5-9-17)24-21(30)15-31-23-26-22(18-10-6-3-7-11-18)25-19-14-20(29)27-28(19)23/h2-11,14,16H,12-13,15H2,1H3,(H,24,30)(H,27,29)/t16-/m0/s1. The van der Waals surface area contributed by atoms with Gasteiger partial charge in [0.15, 0.2) is 16.6 Å². The summed E-state index contributed by atoms with van der Waals surface area (Å²) in [5, 5.41) is 6.24. The SMILES string of the molecule is C[C@@H](CCc1ccccc1)NC(=O)CSc1nc(-c2ccccc2)nc2cc(=O)[nH]n12. The van der Waals surface area contributed by atoms with Crippen molar-refractivity contribution in [3.8, 4) is 11.4 Å². The Hall–Kier alpha value is -3.39. The van der Waals surface area contributed by atoms with Crippen molar-refractivity contribution in [3.63, 3.8) is 0 Å². The molecule has 0 unspecified atom stereocenters. The number of benzene rings is 2. The molecule has 158 valence electrons. The van der Waals surface area contributed by atoms with E-state index in [2.05, 4.69) is 32.5 Å². The van der Waals surface area contributed by atoms with Gasteiger partial charge in [0.25, 0.3) is 5.56 Å². The van der Waals surface area contributed by atoms with Crippen LogP contribution in [-0.2, 0) is 11.2 Å². The molecule has 0 fully saturated rings. The summed E-state index contributed by atoms with van der Waals surface area (Å²) in [6, 6.07) is 21.2. The fourth-order valence-corrected chi connectivity index (χ4v) is 4.01. The Morgan fingerprint density at radius 1 is 1.10 bits per heavy atom. The summed E-state index contributed by atoms with van der Waals surface area (Å²) in [6.07, 6.45) is 1.77. The Bertz CT molecular complexity index is 1220. The van der Waals surface area contributed by atoms with Crippen molar-refractivity contribution < 1.29 is 4.79 Å². The van der Waals surface area contributed by atoms with Crippen molar-refractivity contribution in [1.29, 1.82) is 0 Å². The second kappa shape index (κ2) is 9.61. The highest BCUT2D eigenvalue weighted by molar-refractivity contribution is 7.99. The van der Waals surface area contributed by atoms with Crippen LogP contribution in [0.4, 0.5) is 0 Å². The molecule has 4 aromatic rings. The summed E-state index contributed by atoms with van der Waals surface area (Å²) in [7, 11) is 0. The van der Waals surface area contributed by atoms with Gasteiger partial charge in [0.05, 0.1) is 5.75 Å². The molecule has 0 spiro atoms. The fourth-order valence-electron chi connectivity index (χ4n) is 3.24. The van der Waals surface area contributed by atoms with Crippen LogP contribution in [0.25, 0.3) is 17.0 Å². The molecule has 7 nitrogen and oxygen atoms in total. The smallest absolute Gasteiger partial charge is 0.266 e. The van der Waals surface area contributed by atoms with E-state index in [4.69, 9.17) is 0 Å². The highest BCUT2D eigenvalue weighted by atomic mass is 32.2. The molecule has 0 aliphatic rings. The molecule has 4 rings (SSSR count). The largest absolute Gasteiger partial charge is 0.353 e. The lowest BCUT2D eigenvalue weighted by Crippen LogP contribution is -2.34.